The molecule has 0 amide bonds. The second-order valence-corrected chi connectivity index (χ2v) is 3.43. The van der Waals surface area contributed by atoms with Crippen LogP contribution in [0.5, 0.6) is 0 Å². The number of nitrogens with zero attached hydrogens (tertiary/aromatic N) is 2. The first-order chi connectivity index (χ1) is 5.56. The van der Waals surface area contributed by atoms with Gasteiger partial charge in [-0.25, -0.2) is 0 Å². The van der Waals surface area contributed by atoms with Crippen molar-refractivity contribution in [1.29, 1.82) is 0 Å². The Balaban J connectivity index is 3.45. The Morgan fingerprint density at radius 3 is 2.17 bits per heavy atom. The molecule has 0 spiro atoms. The van der Waals surface area contributed by atoms with Crippen molar-refractivity contribution in [2.45, 2.75) is 13.3 Å². The van der Waals surface area contributed by atoms with Crippen LogP contribution < -0.4 is 0 Å². The van der Waals surface area contributed by atoms with Crippen molar-refractivity contribution >= 4 is 5.78 Å². The van der Waals surface area contributed by atoms with Gasteiger partial charge < -0.3 is 4.90 Å². The van der Waals surface area contributed by atoms with Gasteiger partial charge in [0.05, 0.1) is 6.54 Å². The zero-order chi connectivity index (χ0) is 9.56. The SMILES string of the molecule is CCC(=O)CN(C)CCN(C)C. The summed E-state index contributed by atoms with van der Waals surface area (Å²) in [7, 11) is 6.06. The molecule has 0 fully saturated rings. The molecule has 0 atom stereocenters. The molecular weight excluding hydrogens is 152 g/mol. The topological polar surface area (TPSA) is 23.6 Å². The Kier molecular flexibility index (Phi) is 5.93. The van der Waals surface area contributed by atoms with Crippen LogP contribution in [0, 0.1) is 0 Å². The van der Waals surface area contributed by atoms with Crippen molar-refractivity contribution < 1.29 is 4.79 Å². The van der Waals surface area contributed by atoms with E-state index in [0.29, 0.717) is 18.7 Å². The molecule has 0 radical (unpaired) electrons. The monoisotopic (exact) mass is 172 g/mol. The number of likely N-dealkylation sites (N-methyl/N-ethyl adjacent to an activating group) is 2. The molecule has 3 heteroatoms. The summed E-state index contributed by atoms with van der Waals surface area (Å²) in [4.78, 5) is 15.2. The highest BCUT2D eigenvalue weighted by molar-refractivity contribution is 5.80. The maximum Gasteiger partial charge on any atom is 0.146 e. The fourth-order valence-corrected chi connectivity index (χ4v) is 0.863. The lowest BCUT2D eigenvalue weighted by Crippen LogP contribution is -2.32. The van der Waals surface area contributed by atoms with Gasteiger partial charge in [-0.05, 0) is 21.1 Å². The smallest absolute Gasteiger partial charge is 0.146 e. The largest absolute Gasteiger partial charge is 0.308 e. The minimum Gasteiger partial charge on any atom is -0.308 e. The summed E-state index contributed by atoms with van der Waals surface area (Å²) < 4.78 is 0. The van der Waals surface area contributed by atoms with Gasteiger partial charge in [0.1, 0.15) is 5.78 Å². The average Bonchev–Trinajstić information content (AvgIpc) is 2.00. The van der Waals surface area contributed by atoms with Crippen molar-refractivity contribution in [2.24, 2.45) is 0 Å². The first-order valence-electron chi connectivity index (χ1n) is 4.41. The first kappa shape index (κ1) is 11.6. The second-order valence-electron chi connectivity index (χ2n) is 3.43. The Morgan fingerprint density at radius 1 is 1.17 bits per heavy atom. The van der Waals surface area contributed by atoms with Crippen LogP contribution in [0.4, 0.5) is 0 Å². The van der Waals surface area contributed by atoms with Gasteiger partial charge in [0, 0.05) is 19.5 Å². The third kappa shape index (κ3) is 6.31. The quantitative estimate of drug-likeness (QED) is 0.581. The summed E-state index contributed by atoms with van der Waals surface area (Å²) in [6.07, 6.45) is 0.645. The lowest BCUT2D eigenvalue weighted by atomic mass is 10.3. The van der Waals surface area contributed by atoms with Crippen LogP contribution in [0.25, 0.3) is 0 Å². The molecule has 0 N–H and O–H groups in total. The van der Waals surface area contributed by atoms with Crippen molar-refractivity contribution in [3.63, 3.8) is 0 Å². The summed E-state index contributed by atoms with van der Waals surface area (Å²) in [5, 5.41) is 0. The predicted molar refractivity (Wildman–Crippen MR) is 51.3 cm³/mol. The van der Waals surface area contributed by atoms with Gasteiger partial charge in [-0.2, -0.15) is 0 Å². The lowest BCUT2D eigenvalue weighted by molar-refractivity contribution is -0.119. The molecule has 12 heavy (non-hydrogen) atoms. The summed E-state index contributed by atoms with van der Waals surface area (Å²) in [5.74, 6) is 0.316. The highest BCUT2D eigenvalue weighted by Crippen LogP contribution is 1.87. The van der Waals surface area contributed by atoms with E-state index in [9.17, 15) is 4.79 Å². The lowest BCUT2D eigenvalue weighted by Gasteiger charge is -2.17. The number of hydrogen-bond acceptors (Lipinski definition) is 3. The molecule has 0 aromatic carbocycles. The number of Topliss-reactive ketones (excluding diaryl/α,β-unsaturated/α-hetero) is 1. The zero-order valence-electron chi connectivity index (χ0n) is 8.63. The van der Waals surface area contributed by atoms with Crippen molar-refractivity contribution in [2.75, 3.05) is 40.8 Å². The van der Waals surface area contributed by atoms with Gasteiger partial charge in [-0.1, -0.05) is 6.92 Å². The number of carbonyl (C=O) groups excluding carboxylic acids is 1. The van der Waals surface area contributed by atoms with Crippen LogP contribution in [0.2, 0.25) is 0 Å². The van der Waals surface area contributed by atoms with Crippen LogP contribution in [-0.2, 0) is 4.79 Å². The summed E-state index contributed by atoms with van der Waals surface area (Å²) in [5.41, 5.74) is 0. The third-order valence-electron chi connectivity index (χ3n) is 1.77. The molecule has 0 saturated carbocycles. The minimum absolute atomic E-state index is 0.316. The molecule has 0 aromatic rings. The number of rotatable bonds is 6. The van der Waals surface area contributed by atoms with Crippen LogP contribution in [-0.4, -0.2) is 56.4 Å². The highest BCUT2D eigenvalue weighted by Gasteiger charge is 2.03. The predicted octanol–water partition coefficient (Wildman–Crippen LogP) is 0.459. The molecule has 0 aliphatic rings. The van der Waals surface area contributed by atoms with E-state index in [1.807, 2.05) is 28.1 Å². The van der Waals surface area contributed by atoms with Gasteiger partial charge in [-0.3, -0.25) is 9.69 Å². The fraction of sp³-hybridized carbons (Fsp3) is 0.889. The summed E-state index contributed by atoms with van der Waals surface area (Å²) in [6.45, 7) is 4.46. The number of hydrogen-bond donors (Lipinski definition) is 0. The van der Waals surface area contributed by atoms with Gasteiger partial charge in [0.25, 0.3) is 0 Å². The normalized spacial score (nSPS) is 11.2. The fourth-order valence-electron chi connectivity index (χ4n) is 0.863. The van der Waals surface area contributed by atoms with Crippen LogP contribution in [0.15, 0.2) is 0 Å². The summed E-state index contributed by atoms with van der Waals surface area (Å²) >= 11 is 0. The zero-order valence-corrected chi connectivity index (χ0v) is 8.63. The Hall–Kier alpha value is -0.410. The molecular formula is C9H20N2O. The van der Waals surface area contributed by atoms with E-state index in [1.165, 1.54) is 0 Å². The molecule has 3 nitrogen and oxygen atoms in total. The first-order valence-corrected chi connectivity index (χ1v) is 4.41. The van der Waals surface area contributed by atoms with E-state index in [0.717, 1.165) is 13.1 Å². The maximum absolute atomic E-state index is 11.0. The second kappa shape index (κ2) is 6.14. The van der Waals surface area contributed by atoms with Gasteiger partial charge in [0.2, 0.25) is 0 Å². The molecule has 0 heterocycles. The molecule has 0 aliphatic carbocycles. The average molecular weight is 172 g/mol. The van der Waals surface area contributed by atoms with Crippen LogP contribution >= 0.6 is 0 Å². The van der Waals surface area contributed by atoms with E-state index in [2.05, 4.69) is 9.80 Å². The maximum atomic E-state index is 11.0. The summed E-state index contributed by atoms with van der Waals surface area (Å²) in [6, 6.07) is 0. The Bertz CT molecular complexity index is 134. The number of carbonyl (C=O) groups is 1. The van der Waals surface area contributed by atoms with E-state index < -0.39 is 0 Å². The molecule has 0 rings (SSSR count). The van der Waals surface area contributed by atoms with E-state index in [-0.39, 0.29) is 0 Å². The van der Waals surface area contributed by atoms with Crippen LogP contribution in [0.3, 0.4) is 0 Å². The van der Waals surface area contributed by atoms with Gasteiger partial charge in [0.15, 0.2) is 0 Å². The molecule has 0 bridgehead atoms. The standard InChI is InChI=1S/C9H20N2O/c1-5-9(12)8-11(4)7-6-10(2)3/h5-8H2,1-4H3. The molecule has 72 valence electrons. The molecule has 0 aliphatic heterocycles. The van der Waals surface area contributed by atoms with Gasteiger partial charge in [-0.15, -0.1) is 0 Å². The Labute approximate surface area is 75.3 Å². The molecule has 0 unspecified atom stereocenters. The van der Waals surface area contributed by atoms with Crippen molar-refractivity contribution in [1.82, 2.24) is 9.80 Å². The highest BCUT2D eigenvalue weighted by atomic mass is 16.1. The van der Waals surface area contributed by atoms with Crippen molar-refractivity contribution in [3.05, 3.63) is 0 Å². The van der Waals surface area contributed by atoms with Gasteiger partial charge >= 0.3 is 0 Å². The van der Waals surface area contributed by atoms with E-state index >= 15 is 0 Å². The Morgan fingerprint density at radius 2 is 1.75 bits per heavy atom. The third-order valence-corrected chi connectivity index (χ3v) is 1.77. The minimum atomic E-state index is 0.316. The van der Waals surface area contributed by atoms with Crippen LogP contribution in [0.1, 0.15) is 13.3 Å². The molecule has 0 saturated heterocycles. The van der Waals surface area contributed by atoms with E-state index in [4.69, 9.17) is 0 Å². The molecule has 0 aromatic heterocycles. The number of ketones is 1. The van der Waals surface area contributed by atoms with E-state index in [1.54, 1.807) is 0 Å². The van der Waals surface area contributed by atoms with Crippen molar-refractivity contribution in [3.8, 4) is 0 Å².